The first kappa shape index (κ1) is 12.6. The highest BCUT2D eigenvalue weighted by atomic mass is 32.2. The molecule has 0 bridgehead atoms. The van der Waals surface area contributed by atoms with Crippen molar-refractivity contribution < 1.29 is 13.2 Å². The lowest BCUT2D eigenvalue weighted by molar-refractivity contribution is 0.417. The summed E-state index contributed by atoms with van der Waals surface area (Å²) in [6, 6.07) is 4.68. The molecule has 0 saturated heterocycles. The molecule has 3 N–H and O–H groups in total. The monoisotopic (exact) mass is 245 g/mol. The molecule has 0 amide bonds. The third kappa shape index (κ3) is 2.77. The highest BCUT2D eigenvalue weighted by Crippen LogP contribution is 2.25. The van der Waals surface area contributed by atoms with Crippen LogP contribution in [0.3, 0.4) is 0 Å². The first-order valence-electron chi connectivity index (χ1n) is 4.50. The van der Waals surface area contributed by atoms with E-state index >= 15 is 0 Å². The second kappa shape index (κ2) is 4.58. The number of rotatable bonds is 4. The highest BCUT2D eigenvalue weighted by molar-refractivity contribution is 7.90. The summed E-state index contributed by atoms with van der Waals surface area (Å²) >= 11 is 0. The molecule has 6 nitrogen and oxygen atoms in total. The van der Waals surface area contributed by atoms with Gasteiger partial charge in [0.1, 0.15) is 5.75 Å². The van der Waals surface area contributed by atoms with Gasteiger partial charge in [-0.25, -0.2) is 0 Å². The molecule has 0 spiro atoms. The minimum Gasteiger partial charge on any atom is -0.495 e. The minimum absolute atomic E-state index is 0.376. The normalized spacial score (nSPS) is 11.5. The van der Waals surface area contributed by atoms with Crippen LogP contribution in [0.25, 0.3) is 0 Å². The molecular formula is C9H15N3O3S. The average molecular weight is 245 g/mol. The van der Waals surface area contributed by atoms with E-state index in [4.69, 9.17) is 10.5 Å². The molecule has 0 fully saturated rings. The molecule has 7 heteroatoms. The van der Waals surface area contributed by atoms with E-state index in [1.807, 2.05) is 0 Å². The van der Waals surface area contributed by atoms with E-state index in [0.29, 0.717) is 17.1 Å². The maximum absolute atomic E-state index is 11.5. The number of hydrogen-bond acceptors (Lipinski definition) is 4. The fourth-order valence-electron chi connectivity index (χ4n) is 1.04. The quantitative estimate of drug-likeness (QED) is 0.756. The van der Waals surface area contributed by atoms with Crippen LogP contribution in [0.4, 0.5) is 11.4 Å². The molecule has 0 heterocycles. The van der Waals surface area contributed by atoms with Gasteiger partial charge in [-0.3, -0.25) is 4.72 Å². The Labute approximate surface area is 95.2 Å². The van der Waals surface area contributed by atoms with Crippen molar-refractivity contribution >= 4 is 21.6 Å². The molecule has 0 aliphatic carbocycles. The lowest BCUT2D eigenvalue weighted by Gasteiger charge is -2.14. The van der Waals surface area contributed by atoms with E-state index in [1.54, 1.807) is 12.1 Å². The van der Waals surface area contributed by atoms with Crippen LogP contribution in [0.1, 0.15) is 0 Å². The van der Waals surface area contributed by atoms with E-state index in [0.717, 1.165) is 4.31 Å². The van der Waals surface area contributed by atoms with Gasteiger partial charge in [-0.2, -0.15) is 12.7 Å². The summed E-state index contributed by atoms with van der Waals surface area (Å²) in [6.45, 7) is 0. The fraction of sp³-hybridized carbons (Fsp3) is 0.333. The zero-order valence-electron chi connectivity index (χ0n) is 9.39. The lowest BCUT2D eigenvalue weighted by atomic mass is 10.2. The van der Waals surface area contributed by atoms with Gasteiger partial charge >= 0.3 is 10.2 Å². The highest BCUT2D eigenvalue weighted by Gasteiger charge is 2.13. The molecule has 0 aliphatic rings. The largest absolute Gasteiger partial charge is 0.495 e. The molecule has 0 aliphatic heterocycles. The number of ether oxygens (including phenoxy) is 1. The van der Waals surface area contributed by atoms with Crippen molar-refractivity contribution in [2.75, 3.05) is 31.7 Å². The van der Waals surface area contributed by atoms with Gasteiger partial charge in [0.05, 0.1) is 18.5 Å². The first-order chi connectivity index (χ1) is 7.36. The second-order valence-corrected chi connectivity index (χ2v) is 5.23. The van der Waals surface area contributed by atoms with Crippen LogP contribution in [0.5, 0.6) is 5.75 Å². The van der Waals surface area contributed by atoms with Crippen LogP contribution in [0, 0.1) is 0 Å². The van der Waals surface area contributed by atoms with Gasteiger partial charge < -0.3 is 10.5 Å². The summed E-state index contributed by atoms with van der Waals surface area (Å²) in [5.74, 6) is 0.507. The Balaban J connectivity index is 2.96. The van der Waals surface area contributed by atoms with Gasteiger partial charge in [-0.15, -0.1) is 0 Å². The number of nitrogens with two attached hydrogens (primary N) is 1. The summed E-state index contributed by atoms with van der Waals surface area (Å²) in [4.78, 5) is 0. The molecule has 16 heavy (non-hydrogen) atoms. The molecule has 0 atom stereocenters. The van der Waals surface area contributed by atoms with Gasteiger partial charge in [-0.1, -0.05) is 0 Å². The number of hydrogen-bond donors (Lipinski definition) is 2. The molecule has 1 rings (SSSR count). The summed E-state index contributed by atoms with van der Waals surface area (Å²) < 4.78 is 31.4. The summed E-state index contributed by atoms with van der Waals surface area (Å²) in [7, 11) is 0.874. The molecule has 0 unspecified atom stereocenters. The van der Waals surface area contributed by atoms with E-state index in [1.165, 1.54) is 27.3 Å². The predicted octanol–water partition coefficient (Wildman–Crippen LogP) is 0.496. The third-order valence-corrected chi connectivity index (χ3v) is 3.41. The van der Waals surface area contributed by atoms with E-state index in [-0.39, 0.29) is 0 Å². The molecule has 0 aromatic heterocycles. The number of methoxy groups -OCH3 is 1. The van der Waals surface area contributed by atoms with Crippen LogP contribution in [0.2, 0.25) is 0 Å². The van der Waals surface area contributed by atoms with Gasteiger partial charge in [0, 0.05) is 14.1 Å². The summed E-state index contributed by atoms with van der Waals surface area (Å²) in [6.07, 6.45) is 0. The zero-order valence-corrected chi connectivity index (χ0v) is 10.2. The predicted molar refractivity (Wildman–Crippen MR) is 63.6 cm³/mol. The van der Waals surface area contributed by atoms with E-state index in [9.17, 15) is 8.42 Å². The van der Waals surface area contributed by atoms with Crippen molar-refractivity contribution in [3.8, 4) is 5.75 Å². The van der Waals surface area contributed by atoms with Crippen LogP contribution >= 0.6 is 0 Å². The molecular weight excluding hydrogens is 230 g/mol. The van der Waals surface area contributed by atoms with Gasteiger partial charge in [0.15, 0.2) is 0 Å². The average Bonchev–Trinajstić information content (AvgIpc) is 2.17. The summed E-state index contributed by atoms with van der Waals surface area (Å²) in [5.41, 5.74) is 6.43. The van der Waals surface area contributed by atoms with Crippen molar-refractivity contribution in [3.63, 3.8) is 0 Å². The van der Waals surface area contributed by atoms with Crippen LogP contribution < -0.4 is 15.2 Å². The van der Waals surface area contributed by atoms with Crippen molar-refractivity contribution in [2.24, 2.45) is 0 Å². The van der Waals surface area contributed by atoms with Crippen molar-refractivity contribution in [2.45, 2.75) is 0 Å². The fourth-order valence-corrected chi connectivity index (χ4v) is 1.65. The number of nitrogen functional groups attached to an aromatic ring is 1. The maximum Gasteiger partial charge on any atom is 0.301 e. The smallest absolute Gasteiger partial charge is 0.301 e. The Morgan fingerprint density at radius 2 is 2.00 bits per heavy atom. The third-order valence-electron chi connectivity index (χ3n) is 1.96. The Bertz CT molecular complexity index is 471. The van der Waals surface area contributed by atoms with Crippen molar-refractivity contribution in [1.29, 1.82) is 0 Å². The molecule has 0 radical (unpaired) electrons. The van der Waals surface area contributed by atoms with Crippen LogP contribution in [-0.4, -0.2) is 33.9 Å². The standard InChI is InChI=1S/C9H15N3O3S/c1-12(2)16(13,14)11-7-4-5-9(15-3)8(10)6-7/h4-6,11H,10H2,1-3H3. The van der Waals surface area contributed by atoms with Crippen molar-refractivity contribution in [1.82, 2.24) is 4.31 Å². The number of anilines is 2. The molecule has 1 aromatic rings. The Hall–Kier alpha value is -1.47. The topological polar surface area (TPSA) is 84.7 Å². The number of benzene rings is 1. The number of nitrogens with one attached hydrogen (secondary N) is 1. The SMILES string of the molecule is COc1ccc(NS(=O)(=O)N(C)C)cc1N. The van der Waals surface area contributed by atoms with E-state index in [2.05, 4.69) is 4.72 Å². The Morgan fingerprint density at radius 1 is 1.38 bits per heavy atom. The maximum atomic E-state index is 11.5. The minimum atomic E-state index is -3.50. The first-order valence-corrected chi connectivity index (χ1v) is 5.94. The van der Waals surface area contributed by atoms with Gasteiger partial charge in [0.2, 0.25) is 0 Å². The molecule has 1 aromatic carbocycles. The summed E-state index contributed by atoms with van der Waals surface area (Å²) in [5, 5.41) is 0. The van der Waals surface area contributed by atoms with E-state index < -0.39 is 10.2 Å². The molecule has 90 valence electrons. The van der Waals surface area contributed by atoms with Crippen LogP contribution in [-0.2, 0) is 10.2 Å². The van der Waals surface area contributed by atoms with Gasteiger partial charge in [-0.05, 0) is 18.2 Å². The van der Waals surface area contributed by atoms with Crippen molar-refractivity contribution in [3.05, 3.63) is 18.2 Å². The second-order valence-electron chi connectivity index (χ2n) is 3.35. The zero-order chi connectivity index (χ0) is 12.3. The lowest BCUT2D eigenvalue weighted by Crippen LogP contribution is -2.28. The molecule has 0 saturated carbocycles. The van der Waals surface area contributed by atoms with Crippen LogP contribution in [0.15, 0.2) is 18.2 Å². The Kier molecular flexibility index (Phi) is 3.61. The Morgan fingerprint density at radius 3 is 2.44 bits per heavy atom. The number of nitrogens with zero attached hydrogens (tertiary/aromatic N) is 1. The van der Waals surface area contributed by atoms with Gasteiger partial charge in [0.25, 0.3) is 0 Å².